The molecule has 1 atom stereocenters. The molecule has 7 heteroatoms. The third-order valence-electron chi connectivity index (χ3n) is 1.81. The summed E-state index contributed by atoms with van der Waals surface area (Å²) in [6.07, 6.45) is 0. The summed E-state index contributed by atoms with van der Waals surface area (Å²) >= 11 is 3.47. The van der Waals surface area contributed by atoms with E-state index in [0.29, 0.717) is 10.8 Å². The highest BCUT2D eigenvalue weighted by atomic mass is 79.9. The summed E-state index contributed by atoms with van der Waals surface area (Å²) in [5.74, 6) is 0.523. The van der Waals surface area contributed by atoms with Gasteiger partial charge in [0.05, 0.1) is 14.2 Å². The van der Waals surface area contributed by atoms with Crippen LogP contribution in [0.5, 0.6) is 12.0 Å². The minimum Gasteiger partial charge on any atom is -0.467 e. The van der Waals surface area contributed by atoms with E-state index >= 15 is 0 Å². The van der Waals surface area contributed by atoms with Crippen molar-refractivity contribution in [1.29, 1.82) is 0 Å². The molecule has 0 amide bonds. The number of rotatable bonds is 5. The summed E-state index contributed by atoms with van der Waals surface area (Å²) in [5.41, 5.74) is 0. The van der Waals surface area contributed by atoms with Crippen LogP contribution in [0.4, 0.5) is 5.95 Å². The lowest BCUT2D eigenvalue weighted by Gasteiger charge is -2.18. The van der Waals surface area contributed by atoms with E-state index in [9.17, 15) is 0 Å². The van der Waals surface area contributed by atoms with Crippen LogP contribution in [0.1, 0.15) is 6.92 Å². The maximum atomic E-state index is 4.97. The molecule has 1 heterocycles. The van der Waals surface area contributed by atoms with Crippen molar-refractivity contribution in [1.82, 2.24) is 15.0 Å². The van der Waals surface area contributed by atoms with Crippen molar-refractivity contribution >= 4 is 21.9 Å². The van der Waals surface area contributed by atoms with Gasteiger partial charge < -0.3 is 14.4 Å². The van der Waals surface area contributed by atoms with E-state index in [1.165, 1.54) is 14.2 Å². The molecular weight excluding hydrogens is 276 g/mol. The second-order valence-electron chi connectivity index (χ2n) is 3.27. The average Bonchev–Trinajstić information content (AvgIpc) is 2.27. The summed E-state index contributed by atoms with van der Waals surface area (Å²) in [5, 5.41) is 0. The van der Waals surface area contributed by atoms with Gasteiger partial charge in [0.2, 0.25) is 5.95 Å². The Bertz CT molecular complexity index is 326. The normalized spacial score (nSPS) is 12.1. The lowest BCUT2D eigenvalue weighted by Crippen LogP contribution is -2.26. The topological polar surface area (TPSA) is 60.4 Å². The Morgan fingerprint density at radius 3 is 2.06 bits per heavy atom. The Morgan fingerprint density at radius 2 is 1.69 bits per heavy atom. The molecule has 0 fully saturated rings. The van der Waals surface area contributed by atoms with E-state index < -0.39 is 0 Å². The highest BCUT2D eigenvalue weighted by Crippen LogP contribution is 2.15. The first-order valence-corrected chi connectivity index (χ1v) is 5.67. The lowest BCUT2D eigenvalue weighted by atomic mass is 10.4. The molecule has 0 aliphatic heterocycles. The first-order chi connectivity index (χ1) is 7.56. The molecule has 16 heavy (non-hydrogen) atoms. The number of hydrogen-bond donors (Lipinski definition) is 0. The SMILES string of the molecule is COc1nc(OC)nc(N(C)CC(C)Br)n1. The Hall–Kier alpha value is -1.11. The van der Waals surface area contributed by atoms with Crippen LogP contribution >= 0.6 is 15.9 Å². The average molecular weight is 291 g/mol. The summed E-state index contributed by atoms with van der Waals surface area (Å²) in [6.45, 7) is 2.82. The Kier molecular flexibility index (Phi) is 4.72. The van der Waals surface area contributed by atoms with Gasteiger partial charge in [-0.2, -0.15) is 9.97 Å². The maximum absolute atomic E-state index is 4.97. The molecule has 0 aromatic carbocycles. The lowest BCUT2D eigenvalue weighted by molar-refractivity contribution is 0.340. The van der Waals surface area contributed by atoms with Crippen LogP contribution in [-0.2, 0) is 0 Å². The highest BCUT2D eigenvalue weighted by Gasteiger charge is 2.12. The zero-order chi connectivity index (χ0) is 12.1. The number of anilines is 1. The van der Waals surface area contributed by atoms with Crippen LogP contribution in [0.2, 0.25) is 0 Å². The molecule has 6 nitrogen and oxygen atoms in total. The molecular formula is C9H15BrN4O2. The van der Waals surface area contributed by atoms with Gasteiger partial charge in [0.25, 0.3) is 0 Å². The monoisotopic (exact) mass is 290 g/mol. The number of hydrogen-bond acceptors (Lipinski definition) is 6. The Labute approximate surface area is 103 Å². The zero-order valence-electron chi connectivity index (χ0n) is 9.77. The fraction of sp³-hybridized carbons (Fsp3) is 0.667. The van der Waals surface area contributed by atoms with Crippen molar-refractivity contribution in [3.8, 4) is 12.0 Å². The summed E-state index contributed by atoms with van der Waals surface area (Å²) in [7, 11) is 4.91. The quantitative estimate of drug-likeness (QED) is 0.757. The molecule has 0 N–H and O–H groups in total. The van der Waals surface area contributed by atoms with Crippen molar-refractivity contribution in [2.75, 3.05) is 32.7 Å². The second kappa shape index (κ2) is 5.83. The van der Waals surface area contributed by atoms with Gasteiger partial charge in [0.1, 0.15) is 0 Å². The number of alkyl halides is 1. The molecule has 0 saturated carbocycles. The van der Waals surface area contributed by atoms with Gasteiger partial charge in [-0.05, 0) is 0 Å². The maximum Gasteiger partial charge on any atom is 0.324 e. The van der Waals surface area contributed by atoms with Crippen LogP contribution in [0.3, 0.4) is 0 Å². The smallest absolute Gasteiger partial charge is 0.324 e. The van der Waals surface area contributed by atoms with Gasteiger partial charge in [0, 0.05) is 18.4 Å². The molecule has 0 spiro atoms. The summed E-state index contributed by atoms with van der Waals surface area (Å²) in [4.78, 5) is 14.4. The molecule has 1 unspecified atom stereocenters. The fourth-order valence-corrected chi connectivity index (χ4v) is 1.57. The van der Waals surface area contributed by atoms with Gasteiger partial charge >= 0.3 is 12.0 Å². The standard InChI is InChI=1S/C9H15BrN4O2/c1-6(10)5-14(2)7-11-8(15-3)13-9(12-7)16-4/h6H,5H2,1-4H3. The molecule has 0 aliphatic rings. The Balaban J connectivity index is 2.93. The number of methoxy groups -OCH3 is 2. The fourth-order valence-electron chi connectivity index (χ4n) is 1.14. The van der Waals surface area contributed by atoms with E-state index in [4.69, 9.17) is 9.47 Å². The van der Waals surface area contributed by atoms with Gasteiger partial charge in [-0.25, -0.2) is 0 Å². The van der Waals surface area contributed by atoms with Crippen LogP contribution in [0, 0.1) is 0 Å². The highest BCUT2D eigenvalue weighted by molar-refractivity contribution is 9.09. The molecule has 0 bridgehead atoms. The number of halogens is 1. The van der Waals surface area contributed by atoms with Gasteiger partial charge in [-0.15, -0.1) is 4.98 Å². The predicted octanol–water partition coefficient (Wildman–Crippen LogP) is 1.11. The van der Waals surface area contributed by atoms with Crippen LogP contribution in [0.15, 0.2) is 0 Å². The van der Waals surface area contributed by atoms with Crippen LogP contribution < -0.4 is 14.4 Å². The van der Waals surface area contributed by atoms with E-state index in [1.807, 2.05) is 18.9 Å². The molecule has 0 aliphatic carbocycles. The van der Waals surface area contributed by atoms with Gasteiger partial charge in [-0.3, -0.25) is 0 Å². The first kappa shape index (κ1) is 13.0. The predicted molar refractivity (Wildman–Crippen MR) is 64.6 cm³/mol. The van der Waals surface area contributed by atoms with E-state index in [2.05, 4.69) is 30.9 Å². The van der Waals surface area contributed by atoms with E-state index in [1.54, 1.807) is 0 Å². The summed E-state index contributed by atoms with van der Waals surface area (Å²) in [6, 6.07) is 0.492. The first-order valence-electron chi connectivity index (χ1n) is 4.76. The van der Waals surface area contributed by atoms with Gasteiger partial charge in [-0.1, -0.05) is 22.9 Å². The zero-order valence-corrected chi connectivity index (χ0v) is 11.4. The molecule has 1 aromatic heterocycles. The third kappa shape index (κ3) is 3.48. The van der Waals surface area contributed by atoms with Crippen molar-refractivity contribution in [2.24, 2.45) is 0 Å². The van der Waals surface area contributed by atoms with Crippen molar-refractivity contribution in [3.63, 3.8) is 0 Å². The second-order valence-corrected chi connectivity index (χ2v) is 4.83. The number of aromatic nitrogens is 3. The minimum absolute atomic E-state index is 0.246. The van der Waals surface area contributed by atoms with Crippen molar-refractivity contribution in [3.05, 3.63) is 0 Å². The molecule has 1 rings (SSSR count). The number of nitrogens with zero attached hydrogens (tertiary/aromatic N) is 4. The largest absolute Gasteiger partial charge is 0.467 e. The third-order valence-corrected chi connectivity index (χ3v) is 2.10. The van der Waals surface area contributed by atoms with E-state index in [-0.39, 0.29) is 12.0 Å². The van der Waals surface area contributed by atoms with Gasteiger partial charge in [0.15, 0.2) is 0 Å². The van der Waals surface area contributed by atoms with Crippen LogP contribution in [0.25, 0.3) is 0 Å². The van der Waals surface area contributed by atoms with Crippen molar-refractivity contribution in [2.45, 2.75) is 11.8 Å². The minimum atomic E-state index is 0.246. The summed E-state index contributed by atoms with van der Waals surface area (Å²) < 4.78 is 9.94. The molecule has 0 radical (unpaired) electrons. The molecule has 1 aromatic rings. The van der Waals surface area contributed by atoms with E-state index in [0.717, 1.165) is 6.54 Å². The molecule has 90 valence electrons. The number of ether oxygens (including phenoxy) is 2. The van der Waals surface area contributed by atoms with Crippen molar-refractivity contribution < 1.29 is 9.47 Å². The van der Waals surface area contributed by atoms with Crippen LogP contribution in [-0.4, -0.2) is 47.6 Å². The molecule has 0 saturated heterocycles. The Morgan fingerprint density at radius 1 is 1.19 bits per heavy atom.